The highest BCUT2D eigenvalue weighted by molar-refractivity contribution is 8.00. The summed E-state index contributed by atoms with van der Waals surface area (Å²) < 4.78 is 11.2. The number of benzene rings is 4. The fourth-order valence-corrected chi connectivity index (χ4v) is 6.25. The molecule has 244 valence electrons. The van der Waals surface area contributed by atoms with Gasteiger partial charge in [0.25, 0.3) is 11.8 Å². The van der Waals surface area contributed by atoms with Gasteiger partial charge in [0.2, 0.25) is 5.91 Å². The number of amides is 3. The number of nitrogens with zero attached hydrogens (tertiary/aromatic N) is 1. The summed E-state index contributed by atoms with van der Waals surface area (Å²) in [5.74, 6) is 0.127. The van der Waals surface area contributed by atoms with Crippen molar-refractivity contribution in [2.24, 2.45) is 0 Å². The largest absolute Gasteiger partial charge is 0.496 e. The van der Waals surface area contributed by atoms with Crippen LogP contribution in [-0.4, -0.2) is 41.7 Å². The van der Waals surface area contributed by atoms with E-state index in [-0.39, 0.29) is 11.6 Å². The van der Waals surface area contributed by atoms with Gasteiger partial charge in [0.1, 0.15) is 17.2 Å². The third-order valence-corrected chi connectivity index (χ3v) is 8.79. The Morgan fingerprint density at radius 1 is 0.896 bits per heavy atom. The quantitative estimate of drug-likeness (QED) is 0.0861. The molecule has 4 aromatic carbocycles. The lowest BCUT2D eigenvalue weighted by atomic mass is 10.1. The number of methoxy groups -OCH3 is 1. The van der Waals surface area contributed by atoms with E-state index in [4.69, 9.17) is 9.47 Å². The lowest BCUT2D eigenvalue weighted by Crippen LogP contribution is -2.30. The van der Waals surface area contributed by atoms with Crippen LogP contribution in [0.1, 0.15) is 29.8 Å². The molecule has 1 aromatic heterocycles. The number of thiazole rings is 1. The summed E-state index contributed by atoms with van der Waals surface area (Å²) in [6, 6.07) is 30.7. The molecule has 0 radical (unpaired) electrons. The standard InChI is InChI=1S/C37H34N4O5S2/c1-4-46-32-19-10-8-15-26(32)21-30(39-35(43)25-13-6-5-7-14-25)36(44)38-27-16-12-17-28(22-27)48-24(2)34(42)41-37-40-31(23-47-37)29-18-9-11-20-33(29)45-3/h5-24H,4H2,1-3H3,(H,38,44)(H,39,43)(H,40,41,42)/b30-21+. The van der Waals surface area contributed by atoms with Gasteiger partial charge >= 0.3 is 0 Å². The first-order chi connectivity index (χ1) is 23.3. The monoisotopic (exact) mass is 678 g/mol. The van der Waals surface area contributed by atoms with Gasteiger partial charge in [-0.05, 0) is 68.5 Å². The average Bonchev–Trinajstić information content (AvgIpc) is 3.57. The van der Waals surface area contributed by atoms with E-state index in [1.54, 1.807) is 68.6 Å². The Hall–Kier alpha value is -5.39. The van der Waals surface area contributed by atoms with Gasteiger partial charge in [-0.2, -0.15) is 0 Å². The van der Waals surface area contributed by atoms with Gasteiger partial charge in [-0.15, -0.1) is 23.1 Å². The molecule has 3 N–H and O–H groups in total. The van der Waals surface area contributed by atoms with E-state index < -0.39 is 17.1 Å². The van der Waals surface area contributed by atoms with Gasteiger partial charge in [0.15, 0.2) is 5.13 Å². The van der Waals surface area contributed by atoms with E-state index in [1.807, 2.05) is 66.9 Å². The maximum absolute atomic E-state index is 13.6. The Balaban J connectivity index is 1.28. The molecule has 0 aliphatic carbocycles. The minimum absolute atomic E-state index is 0.0396. The number of rotatable bonds is 13. The van der Waals surface area contributed by atoms with Gasteiger partial charge in [0.05, 0.1) is 24.7 Å². The van der Waals surface area contributed by atoms with Crippen molar-refractivity contribution in [1.29, 1.82) is 0 Å². The molecule has 9 nitrogen and oxygen atoms in total. The van der Waals surface area contributed by atoms with E-state index in [2.05, 4.69) is 20.9 Å². The summed E-state index contributed by atoms with van der Waals surface area (Å²) in [5, 5.41) is 10.4. The first-order valence-corrected chi connectivity index (χ1v) is 16.9. The van der Waals surface area contributed by atoms with Crippen LogP contribution < -0.4 is 25.4 Å². The first kappa shape index (κ1) is 34.0. The molecule has 0 fully saturated rings. The molecule has 0 aliphatic heterocycles. The second-order valence-electron chi connectivity index (χ2n) is 10.3. The van der Waals surface area contributed by atoms with Crippen LogP contribution in [0.15, 0.2) is 119 Å². The zero-order chi connectivity index (χ0) is 33.9. The predicted octanol–water partition coefficient (Wildman–Crippen LogP) is 7.75. The average molecular weight is 679 g/mol. The number of anilines is 2. The molecule has 1 unspecified atom stereocenters. The molecule has 0 aliphatic rings. The lowest BCUT2D eigenvalue weighted by Gasteiger charge is -2.14. The molecule has 48 heavy (non-hydrogen) atoms. The second-order valence-corrected chi connectivity index (χ2v) is 12.6. The van der Waals surface area contributed by atoms with Crippen molar-refractivity contribution >= 4 is 57.7 Å². The maximum Gasteiger partial charge on any atom is 0.272 e. The minimum atomic E-state index is -0.520. The third kappa shape index (κ3) is 8.90. The van der Waals surface area contributed by atoms with Gasteiger partial charge in [-0.1, -0.05) is 54.6 Å². The predicted molar refractivity (Wildman–Crippen MR) is 193 cm³/mol. The van der Waals surface area contributed by atoms with Gasteiger partial charge in [-0.25, -0.2) is 4.98 Å². The number of nitrogens with one attached hydrogen (secondary N) is 3. The number of thioether (sulfide) groups is 1. The van der Waals surface area contributed by atoms with Crippen LogP contribution in [-0.2, 0) is 9.59 Å². The van der Waals surface area contributed by atoms with E-state index >= 15 is 0 Å². The van der Waals surface area contributed by atoms with Crippen LogP contribution in [0.4, 0.5) is 10.8 Å². The van der Waals surface area contributed by atoms with E-state index in [0.717, 1.165) is 10.5 Å². The summed E-state index contributed by atoms with van der Waals surface area (Å²) in [6.45, 7) is 4.12. The maximum atomic E-state index is 13.6. The van der Waals surface area contributed by atoms with Crippen molar-refractivity contribution in [1.82, 2.24) is 10.3 Å². The zero-order valence-corrected chi connectivity index (χ0v) is 28.2. The van der Waals surface area contributed by atoms with Gasteiger partial charge in [-0.3, -0.25) is 14.4 Å². The number of aromatic nitrogens is 1. The Kier molecular flexibility index (Phi) is 11.6. The first-order valence-electron chi connectivity index (χ1n) is 15.1. The topological polar surface area (TPSA) is 119 Å². The van der Waals surface area contributed by atoms with Crippen molar-refractivity contribution in [3.05, 3.63) is 125 Å². The Morgan fingerprint density at radius 3 is 2.40 bits per heavy atom. The summed E-state index contributed by atoms with van der Waals surface area (Å²) in [6.07, 6.45) is 1.59. The van der Waals surface area contributed by atoms with Crippen molar-refractivity contribution in [3.8, 4) is 22.8 Å². The van der Waals surface area contributed by atoms with Crippen molar-refractivity contribution < 1.29 is 23.9 Å². The number of carbonyl (C=O) groups excluding carboxylic acids is 3. The molecular formula is C37H34N4O5S2. The van der Waals surface area contributed by atoms with Crippen LogP contribution in [0.25, 0.3) is 17.3 Å². The molecule has 5 aromatic rings. The van der Waals surface area contributed by atoms with Crippen LogP contribution in [0.5, 0.6) is 11.5 Å². The van der Waals surface area contributed by atoms with Crippen molar-refractivity contribution in [3.63, 3.8) is 0 Å². The number of hydrogen-bond acceptors (Lipinski definition) is 8. The van der Waals surface area contributed by atoms with Crippen LogP contribution >= 0.6 is 23.1 Å². The smallest absolute Gasteiger partial charge is 0.272 e. The molecular weight excluding hydrogens is 645 g/mol. The van der Waals surface area contributed by atoms with Gasteiger partial charge in [0, 0.05) is 32.7 Å². The van der Waals surface area contributed by atoms with E-state index in [9.17, 15) is 14.4 Å². The number of para-hydroxylation sites is 2. The molecule has 0 saturated carbocycles. The Bertz CT molecular complexity index is 1930. The number of carbonyl (C=O) groups is 3. The highest BCUT2D eigenvalue weighted by Crippen LogP contribution is 2.33. The fraction of sp³-hybridized carbons (Fsp3) is 0.135. The fourth-order valence-electron chi connectivity index (χ4n) is 4.61. The molecule has 5 rings (SSSR count). The zero-order valence-electron chi connectivity index (χ0n) is 26.6. The van der Waals surface area contributed by atoms with E-state index in [0.29, 0.717) is 45.7 Å². The van der Waals surface area contributed by atoms with Crippen LogP contribution in [0, 0.1) is 0 Å². The Morgan fingerprint density at radius 2 is 1.62 bits per heavy atom. The molecule has 0 bridgehead atoms. The molecule has 11 heteroatoms. The van der Waals surface area contributed by atoms with Gasteiger partial charge < -0.3 is 25.4 Å². The number of ether oxygens (including phenoxy) is 2. The molecule has 0 spiro atoms. The second kappa shape index (κ2) is 16.4. The van der Waals surface area contributed by atoms with Crippen molar-refractivity contribution in [2.75, 3.05) is 24.4 Å². The highest BCUT2D eigenvalue weighted by atomic mass is 32.2. The van der Waals surface area contributed by atoms with Crippen molar-refractivity contribution in [2.45, 2.75) is 24.0 Å². The normalized spacial score (nSPS) is 11.7. The summed E-state index contributed by atoms with van der Waals surface area (Å²) in [4.78, 5) is 45.1. The molecule has 0 saturated heterocycles. The third-order valence-electron chi connectivity index (χ3n) is 6.94. The minimum Gasteiger partial charge on any atom is -0.496 e. The summed E-state index contributed by atoms with van der Waals surface area (Å²) >= 11 is 2.68. The van der Waals surface area contributed by atoms with Crippen LogP contribution in [0.3, 0.4) is 0 Å². The Labute approximate surface area is 287 Å². The summed E-state index contributed by atoms with van der Waals surface area (Å²) in [5.41, 5.74) is 3.14. The lowest BCUT2D eigenvalue weighted by molar-refractivity contribution is -0.115. The highest BCUT2D eigenvalue weighted by Gasteiger charge is 2.19. The molecule has 1 atom stereocenters. The number of hydrogen-bond donors (Lipinski definition) is 3. The SMILES string of the molecule is CCOc1ccccc1/C=C(/NC(=O)c1ccccc1)C(=O)Nc1cccc(SC(C)C(=O)Nc2nc(-c3ccccc3OC)cs2)c1. The molecule has 1 heterocycles. The summed E-state index contributed by atoms with van der Waals surface area (Å²) in [7, 11) is 1.61. The van der Waals surface area contributed by atoms with Crippen LogP contribution in [0.2, 0.25) is 0 Å². The van der Waals surface area contributed by atoms with E-state index in [1.165, 1.54) is 23.1 Å². The molecule has 3 amide bonds.